The Labute approximate surface area is 173 Å². The van der Waals surface area contributed by atoms with Crippen LogP contribution >= 0.6 is 11.6 Å². The largest absolute Gasteiger partial charge is 0.410 e. The number of aliphatic hydroxyl groups is 1. The Hall–Kier alpha value is -2.98. The van der Waals surface area contributed by atoms with Gasteiger partial charge in [-0.3, -0.25) is 14.8 Å². The molecule has 6 nitrogen and oxygen atoms in total. The summed E-state index contributed by atoms with van der Waals surface area (Å²) in [6.07, 6.45) is -1.21. The van der Waals surface area contributed by atoms with E-state index >= 15 is 0 Å². The predicted octanol–water partition coefficient (Wildman–Crippen LogP) is 3.06. The minimum absolute atomic E-state index is 0.0677. The quantitative estimate of drug-likeness (QED) is 0.698. The number of allylic oxidation sites excluding steroid dienone is 1. The van der Waals surface area contributed by atoms with E-state index in [0.717, 1.165) is 12.3 Å². The summed E-state index contributed by atoms with van der Waals surface area (Å²) in [7, 11) is 0. The first-order chi connectivity index (χ1) is 14.2. The molecular formula is C19H15ClF4N4O2. The van der Waals surface area contributed by atoms with E-state index in [1.54, 1.807) is 29.6 Å². The van der Waals surface area contributed by atoms with Gasteiger partial charge in [0, 0.05) is 22.2 Å². The van der Waals surface area contributed by atoms with Gasteiger partial charge >= 0.3 is 6.18 Å². The number of alkyl halides is 3. The molecule has 1 atom stereocenters. The van der Waals surface area contributed by atoms with Gasteiger partial charge in [0.2, 0.25) is 5.91 Å². The molecule has 2 N–H and O–H groups in total. The molecule has 158 valence electrons. The van der Waals surface area contributed by atoms with Gasteiger partial charge in [-0.1, -0.05) is 23.7 Å². The van der Waals surface area contributed by atoms with Crippen molar-refractivity contribution >= 4 is 28.9 Å². The van der Waals surface area contributed by atoms with Crippen molar-refractivity contribution in [1.29, 1.82) is 0 Å². The zero-order valence-corrected chi connectivity index (χ0v) is 16.0. The second-order valence-electron chi connectivity index (χ2n) is 6.33. The van der Waals surface area contributed by atoms with E-state index in [4.69, 9.17) is 16.7 Å². The van der Waals surface area contributed by atoms with Crippen LogP contribution in [0.2, 0.25) is 5.02 Å². The second kappa shape index (κ2) is 8.80. The van der Waals surface area contributed by atoms with Gasteiger partial charge in [0.15, 0.2) is 0 Å². The lowest BCUT2D eigenvalue weighted by molar-refractivity contribution is -0.167. The van der Waals surface area contributed by atoms with Crippen LogP contribution in [0.5, 0.6) is 0 Å². The zero-order valence-electron chi connectivity index (χ0n) is 15.2. The number of rotatable bonds is 5. The van der Waals surface area contributed by atoms with Gasteiger partial charge in [-0.05, 0) is 18.2 Å². The Kier molecular flexibility index (Phi) is 6.37. The average Bonchev–Trinajstić information content (AvgIpc) is 2.71. The van der Waals surface area contributed by atoms with E-state index < -0.39 is 30.5 Å². The molecule has 1 aliphatic rings. The molecule has 0 radical (unpaired) electrons. The number of benzene rings is 1. The molecule has 0 unspecified atom stereocenters. The van der Waals surface area contributed by atoms with Crippen LogP contribution in [0.3, 0.4) is 0 Å². The SMILES string of the molecule is O=C(N[C@H](CO)C(F)(F)F)C1=CC(c2ccc(Cl)cc2)=NN(c2cncc(F)c2)C1. The normalized spacial score (nSPS) is 15.3. The summed E-state index contributed by atoms with van der Waals surface area (Å²) in [5.41, 5.74) is 0.921. The van der Waals surface area contributed by atoms with Gasteiger partial charge in [0.05, 0.1) is 36.9 Å². The number of anilines is 1. The number of hydrazone groups is 1. The van der Waals surface area contributed by atoms with Crippen LogP contribution in [0.25, 0.3) is 0 Å². The highest BCUT2D eigenvalue weighted by Gasteiger charge is 2.40. The van der Waals surface area contributed by atoms with E-state index in [9.17, 15) is 22.4 Å². The Morgan fingerprint density at radius 1 is 1.27 bits per heavy atom. The maximum Gasteiger partial charge on any atom is 0.410 e. The number of halogens is 5. The van der Waals surface area contributed by atoms with Crippen molar-refractivity contribution in [3.8, 4) is 0 Å². The molecule has 0 bridgehead atoms. The molecule has 11 heteroatoms. The minimum Gasteiger partial charge on any atom is -0.394 e. The summed E-state index contributed by atoms with van der Waals surface area (Å²) in [5.74, 6) is -1.68. The van der Waals surface area contributed by atoms with Crippen LogP contribution < -0.4 is 10.3 Å². The number of aromatic nitrogens is 1. The number of carbonyl (C=O) groups is 1. The molecule has 0 saturated carbocycles. The van der Waals surface area contributed by atoms with Crippen molar-refractivity contribution in [1.82, 2.24) is 10.3 Å². The third-order valence-corrected chi connectivity index (χ3v) is 4.41. The topological polar surface area (TPSA) is 77.8 Å². The number of amides is 1. The first-order valence-corrected chi connectivity index (χ1v) is 8.97. The van der Waals surface area contributed by atoms with Gasteiger partial charge < -0.3 is 10.4 Å². The van der Waals surface area contributed by atoms with Gasteiger partial charge in [-0.15, -0.1) is 0 Å². The number of nitrogens with one attached hydrogen (secondary N) is 1. The summed E-state index contributed by atoms with van der Waals surface area (Å²) in [6.45, 7) is -1.54. The predicted molar refractivity (Wildman–Crippen MR) is 103 cm³/mol. The highest BCUT2D eigenvalue weighted by atomic mass is 35.5. The third-order valence-electron chi connectivity index (χ3n) is 4.16. The zero-order chi connectivity index (χ0) is 21.9. The lowest BCUT2D eigenvalue weighted by Crippen LogP contribution is -2.49. The van der Waals surface area contributed by atoms with E-state index in [1.165, 1.54) is 17.3 Å². The molecule has 1 aliphatic heterocycles. The highest BCUT2D eigenvalue weighted by Crippen LogP contribution is 2.24. The smallest absolute Gasteiger partial charge is 0.394 e. The summed E-state index contributed by atoms with van der Waals surface area (Å²) in [6, 6.07) is 5.11. The van der Waals surface area contributed by atoms with Crippen LogP contribution in [-0.4, -0.2) is 47.1 Å². The Morgan fingerprint density at radius 3 is 2.57 bits per heavy atom. The average molecular weight is 443 g/mol. The molecule has 1 aromatic carbocycles. The van der Waals surface area contributed by atoms with Crippen molar-refractivity contribution in [2.45, 2.75) is 12.2 Å². The maximum atomic E-state index is 13.6. The van der Waals surface area contributed by atoms with E-state index in [0.29, 0.717) is 10.6 Å². The standard InChI is InChI=1S/C19H15ClF4N4O2/c20-13-3-1-11(2-4-13)16-5-12(18(30)26-17(10-29)19(22,23)24)9-28(27-16)15-6-14(21)7-25-8-15/h1-8,17,29H,9-10H2,(H,26,30)/t17-/m1/s1. The lowest BCUT2D eigenvalue weighted by Gasteiger charge is -2.27. The van der Waals surface area contributed by atoms with Crippen LogP contribution in [0.15, 0.2) is 59.5 Å². The maximum absolute atomic E-state index is 13.6. The molecule has 0 fully saturated rings. The van der Waals surface area contributed by atoms with Crippen LogP contribution in [-0.2, 0) is 4.79 Å². The van der Waals surface area contributed by atoms with Gasteiger partial charge in [-0.25, -0.2) is 4.39 Å². The molecule has 1 aromatic heterocycles. The van der Waals surface area contributed by atoms with Crippen LogP contribution in [0.1, 0.15) is 5.56 Å². The lowest BCUT2D eigenvalue weighted by atomic mass is 10.0. The molecule has 3 rings (SSSR count). The molecule has 0 spiro atoms. The number of hydrogen-bond donors (Lipinski definition) is 2. The summed E-state index contributed by atoms with van der Waals surface area (Å²) < 4.78 is 52.4. The number of nitrogens with zero attached hydrogens (tertiary/aromatic N) is 3. The van der Waals surface area contributed by atoms with Crippen molar-refractivity contribution in [3.05, 3.63) is 70.8 Å². The summed E-state index contributed by atoms with van der Waals surface area (Å²) in [4.78, 5) is 16.2. The van der Waals surface area contributed by atoms with E-state index in [2.05, 4.69) is 10.1 Å². The molecule has 2 heterocycles. The third kappa shape index (κ3) is 5.14. The first kappa shape index (κ1) is 21.7. The fourth-order valence-electron chi connectivity index (χ4n) is 2.64. The Bertz CT molecular complexity index is 993. The Balaban J connectivity index is 1.96. The van der Waals surface area contributed by atoms with E-state index in [-0.39, 0.29) is 23.5 Å². The molecule has 30 heavy (non-hydrogen) atoms. The summed E-state index contributed by atoms with van der Waals surface area (Å²) >= 11 is 5.88. The van der Waals surface area contributed by atoms with Crippen LogP contribution in [0, 0.1) is 5.82 Å². The first-order valence-electron chi connectivity index (χ1n) is 8.59. The molecular weight excluding hydrogens is 428 g/mol. The summed E-state index contributed by atoms with van der Waals surface area (Å²) in [5, 5.41) is 16.8. The molecule has 2 aromatic rings. The molecule has 1 amide bonds. The second-order valence-corrected chi connectivity index (χ2v) is 6.77. The van der Waals surface area contributed by atoms with Crippen LogP contribution in [0.4, 0.5) is 23.2 Å². The van der Waals surface area contributed by atoms with Gasteiger partial charge in [0.25, 0.3) is 0 Å². The number of aliphatic hydroxyl groups excluding tert-OH is 1. The number of pyridine rings is 1. The Morgan fingerprint density at radius 2 is 1.97 bits per heavy atom. The van der Waals surface area contributed by atoms with Crippen molar-refractivity contribution in [2.24, 2.45) is 5.10 Å². The molecule has 0 saturated heterocycles. The highest BCUT2D eigenvalue weighted by molar-refractivity contribution is 6.30. The monoisotopic (exact) mass is 442 g/mol. The van der Waals surface area contributed by atoms with Gasteiger partial charge in [-0.2, -0.15) is 18.3 Å². The van der Waals surface area contributed by atoms with Crippen molar-refractivity contribution in [3.63, 3.8) is 0 Å². The van der Waals surface area contributed by atoms with Crippen molar-refractivity contribution in [2.75, 3.05) is 18.2 Å². The van der Waals surface area contributed by atoms with E-state index in [1.807, 2.05) is 0 Å². The number of hydrogen-bond acceptors (Lipinski definition) is 5. The fourth-order valence-corrected chi connectivity index (χ4v) is 2.76. The minimum atomic E-state index is -4.82. The molecule has 0 aliphatic carbocycles. The van der Waals surface area contributed by atoms with Crippen molar-refractivity contribution < 1.29 is 27.5 Å². The number of carbonyl (C=O) groups excluding carboxylic acids is 1. The van der Waals surface area contributed by atoms with Gasteiger partial charge in [0.1, 0.15) is 11.9 Å². The fraction of sp³-hybridized carbons (Fsp3) is 0.211.